The van der Waals surface area contributed by atoms with E-state index in [9.17, 15) is 0 Å². The Morgan fingerprint density at radius 2 is 1.70 bits per heavy atom. The highest BCUT2D eigenvalue weighted by Gasteiger charge is 2.20. The molecule has 116 valence electrons. The Kier molecular flexibility index (Phi) is 3.76. The normalized spacial score (nSPS) is 14.9. The molecule has 0 N–H and O–H groups in total. The number of nitrogens with zero attached hydrogens (tertiary/aromatic N) is 4. The van der Waals surface area contributed by atoms with Crippen molar-refractivity contribution in [2.45, 2.75) is 19.3 Å². The zero-order valence-corrected chi connectivity index (χ0v) is 12.9. The number of hydrogen-bond acceptors (Lipinski definition) is 5. The van der Waals surface area contributed by atoms with Crippen molar-refractivity contribution in [3.05, 3.63) is 48.7 Å². The maximum Gasteiger partial charge on any atom is 0.219 e. The standard InChI is InChI=1S/C18H18N4O/c1-3-8-14(9-4-1)16-18(22-11-5-2-6-12-22)19-17(21-20-16)15-10-7-13-23-15/h1,3-4,7-10,13H,2,5-6,11-12H2. The lowest BCUT2D eigenvalue weighted by atomic mass is 10.1. The van der Waals surface area contributed by atoms with E-state index in [-0.39, 0.29) is 0 Å². The molecule has 0 radical (unpaired) electrons. The molecule has 3 heterocycles. The van der Waals surface area contributed by atoms with Crippen LogP contribution in [0.1, 0.15) is 19.3 Å². The van der Waals surface area contributed by atoms with Crippen LogP contribution in [-0.4, -0.2) is 28.3 Å². The Labute approximate surface area is 135 Å². The molecule has 0 atom stereocenters. The molecule has 0 spiro atoms. The minimum atomic E-state index is 0.537. The van der Waals surface area contributed by atoms with E-state index in [0.29, 0.717) is 11.6 Å². The molecule has 0 unspecified atom stereocenters. The van der Waals surface area contributed by atoms with Crippen molar-refractivity contribution in [2.24, 2.45) is 0 Å². The SMILES string of the molecule is c1ccc(-c2nnc(-c3ccco3)nc2N2CCCCC2)cc1. The van der Waals surface area contributed by atoms with E-state index in [1.54, 1.807) is 6.26 Å². The molecule has 23 heavy (non-hydrogen) atoms. The molecule has 3 aromatic rings. The highest BCUT2D eigenvalue weighted by molar-refractivity contribution is 5.73. The molecule has 0 saturated carbocycles. The minimum Gasteiger partial charge on any atom is -0.461 e. The Morgan fingerprint density at radius 3 is 2.43 bits per heavy atom. The lowest BCUT2D eigenvalue weighted by Gasteiger charge is -2.28. The van der Waals surface area contributed by atoms with Gasteiger partial charge >= 0.3 is 0 Å². The van der Waals surface area contributed by atoms with E-state index in [4.69, 9.17) is 9.40 Å². The fourth-order valence-corrected chi connectivity index (χ4v) is 2.94. The zero-order valence-electron chi connectivity index (χ0n) is 12.9. The van der Waals surface area contributed by atoms with Crippen LogP contribution in [0.4, 0.5) is 5.82 Å². The number of aromatic nitrogens is 3. The van der Waals surface area contributed by atoms with Gasteiger partial charge in [0.1, 0.15) is 5.69 Å². The summed E-state index contributed by atoms with van der Waals surface area (Å²) in [5.74, 6) is 2.09. The van der Waals surface area contributed by atoms with Crippen LogP contribution in [0.5, 0.6) is 0 Å². The molecule has 5 heteroatoms. The first-order valence-electron chi connectivity index (χ1n) is 8.01. The van der Waals surface area contributed by atoms with Crippen LogP contribution in [0.25, 0.3) is 22.8 Å². The lowest BCUT2D eigenvalue weighted by Crippen LogP contribution is -2.31. The highest BCUT2D eigenvalue weighted by Crippen LogP contribution is 2.30. The summed E-state index contributed by atoms with van der Waals surface area (Å²) >= 11 is 0. The molecule has 4 rings (SSSR count). The van der Waals surface area contributed by atoms with Gasteiger partial charge < -0.3 is 9.32 Å². The number of rotatable bonds is 3. The molecule has 0 bridgehead atoms. The van der Waals surface area contributed by atoms with Crippen LogP contribution in [0.2, 0.25) is 0 Å². The number of hydrogen-bond donors (Lipinski definition) is 0. The van der Waals surface area contributed by atoms with Gasteiger partial charge in [-0.2, -0.15) is 0 Å². The first-order chi connectivity index (χ1) is 11.4. The maximum atomic E-state index is 5.42. The number of furan rings is 1. The molecular weight excluding hydrogens is 288 g/mol. The highest BCUT2D eigenvalue weighted by atomic mass is 16.3. The van der Waals surface area contributed by atoms with E-state index in [1.807, 2.05) is 42.5 Å². The molecule has 1 aliphatic heterocycles. The molecule has 0 aliphatic carbocycles. The van der Waals surface area contributed by atoms with Crippen LogP contribution < -0.4 is 4.90 Å². The topological polar surface area (TPSA) is 55.1 Å². The number of piperidine rings is 1. The van der Waals surface area contributed by atoms with Crippen molar-refractivity contribution in [1.82, 2.24) is 15.2 Å². The van der Waals surface area contributed by atoms with E-state index in [2.05, 4.69) is 15.1 Å². The number of anilines is 1. The van der Waals surface area contributed by atoms with Gasteiger partial charge in [0.2, 0.25) is 5.82 Å². The molecular formula is C18H18N4O. The number of benzene rings is 1. The molecule has 2 aromatic heterocycles. The third-order valence-electron chi connectivity index (χ3n) is 4.11. The predicted octanol–water partition coefficient (Wildman–Crippen LogP) is 3.79. The van der Waals surface area contributed by atoms with Gasteiger partial charge in [-0.1, -0.05) is 30.3 Å². The van der Waals surface area contributed by atoms with Gasteiger partial charge in [0.15, 0.2) is 11.6 Å². The Balaban J connectivity index is 1.81. The zero-order chi connectivity index (χ0) is 15.5. The fraction of sp³-hybridized carbons (Fsp3) is 0.278. The summed E-state index contributed by atoms with van der Waals surface area (Å²) < 4.78 is 5.42. The van der Waals surface area contributed by atoms with E-state index in [1.165, 1.54) is 19.3 Å². The van der Waals surface area contributed by atoms with E-state index in [0.717, 1.165) is 30.2 Å². The van der Waals surface area contributed by atoms with Crippen molar-refractivity contribution < 1.29 is 4.42 Å². The quantitative estimate of drug-likeness (QED) is 0.737. The smallest absolute Gasteiger partial charge is 0.219 e. The van der Waals surface area contributed by atoms with Crippen molar-refractivity contribution >= 4 is 5.82 Å². The van der Waals surface area contributed by atoms with E-state index < -0.39 is 0 Å². The third-order valence-corrected chi connectivity index (χ3v) is 4.11. The van der Waals surface area contributed by atoms with Crippen LogP contribution in [0, 0.1) is 0 Å². The fourth-order valence-electron chi connectivity index (χ4n) is 2.94. The minimum absolute atomic E-state index is 0.537. The van der Waals surface area contributed by atoms with Gasteiger partial charge in [0, 0.05) is 18.7 Å². The summed E-state index contributed by atoms with van der Waals surface area (Å²) in [6.07, 6.45) is 5.29. The van der Waals surface area contributed by atoms with Crippen molar-refractivity contribution in [1.29, 1.82) is 0 Å². The van der Waals surface area contributed by atoms with Gasteiger partial charge in [0.25, 0.3) is 0 Å². The summed E-state index contributed by atoms with van der Waals surface area (Å²) in [4.78, 5) is 7.09. The molecule has 1 aliphatic rings. The third kappa shape index (κ3) is 2.82. The molecule has 5 nitrogen and oxygen atoms in total. The van der Waals surface area contributed by atoms with Crippen LogP contribution >= 0.6 is 0 Å². The summed E-state index contributed by atoms with van der Waals surface area (Å²) in [6, 6.07) is 13.8. The summed E-state index contributed by atoms with van der Waals surface area (Å²) in [7, 11) is 0. The first-order valence-corrected chi connectivity index (χ1v) is 8.01. The summed E-state index contributed by atoms with van der Waals surface area (Å²) in [5.41, 5.74) is 1.88. The van der Waals surface area contributed by atoms with Crippen molar-refractivity contribution in [3.8, 4) is 22.8 Å². The van der Waals surface area contributed by atoms with Gasteiger partial charge in [0.05, 0.1) is 6.26 Å². The van der Waals surface area contributed by atoms with Crippen molar-refractivity contribution in [2.75, 3.05) is 18.0 Å². The Morgan fingerprint density at radius 1 is 0.870 bits per heavy atom. The largest absolute Gasteiger partial charge is 0.461 e. The maximum absolute atomic E-state index is 5.42. The van der Waals surface area contributed by atoms with Crippen molar-refractivity contribution in [3.63, 3.8) is 0 Å². The second kappa shape index (κ2) is 6.20. The summed E-state index contributed by atoms with van der Waals surface area (Å²) in [5, 5.41) is 8.74. The first kappa shape index (κ1) is 13.9. The van der Waals surface area contributed by atoms with Gasteiger partial charge in [-0.15, -0.1) is 10.2 Å². The van der Waals surface area contributed by atoms with Gasteiger partial charge in [-0.3, -0.25) is 0 Å². The molecule has 0 amide bonds. The predicted molar refractivity (Wildman–Crippen MR) is 89.0 cm³/mol. The molecule has 1 aromatic carbocycles. The van der Waals surface area contributed by atoms with Gasteiger partial charge in [-0.05, 0) is 31.4 Å². The van der Waals surface area contributed by atoms with Crippen LogP contribution in [0.3, 0.4) is 0 Å². The van der Waals surface area contributed by atoms with E-state index >= 15 is 0 Å². The summed E-state index contributed by atoms with van der Waals surface area (Å²) in [6.45, 7) is 2.02. The lowest BCUT2D eigenvalue weighted by molar-refractivity contribution is 0.566. The Bertz CT molecular complexity index is 765. The van der Waals surface area contributed by atoms with Gasteiger partial charge in [-0.25, -0.2) is 4.98 Å². The average molecular weight is 306 g/mol. The second-order valence-electron chi connectivity index (χ2n) is 5.70. The average Bonchev–Trinajstić information content (AvgIpc) is 3.17. The van der Waals surface area contributed by atoms with Crippen LogP contribution in [0.15, 0.2) is 53.1 Å². The Hall–Kier alpha value is -2.69. The second-order valence-corrected chi connectivity index (χ2v) is 5.70. The molecule has 1 fully saturated rings. The monoisotopic (exact) mass is 306 g/mol. The van der Waals surface area contributed by atoms with Crippen LogP contribution in [-0.2, 0) is 0 Å². The molecule has 1 saturated heterocycles.